The van der Waals surface area contributed by atoms with Gasteiger partial charge in [0.2, 0.25) is 0 Å². The van der Waals surface area contributed by atoms with Gasteiger partial charge in [0, 0.05) is 71.6 Å². The summed E-state index contributed by atoms with van der Waals surface area (Å²) in [6.45, 7) is 5.94. The maximum absolute atomic E-state index is 14.4. The Bertz CT molecular complexity index is 2350. The van der Waals surface area contributed by atoms with E-state index in [9.17, 15) is 9.18 Å². The third-order valence-corrected chi connectivity index (χ3v) is 10.6. The molecular weight excluding hydrogens is 713 g/mol. The monoisotopic (exact) mass is 757 g/mol. The number of hydrogen-bond acceptors (Lipinski definition) is 8. The number of aromatic nitrogens is 5. The van der Waals surface area contributed by atoms with Gasteiger partial charge in [-0.1, -0.05) is 17.7 Å². The molecule has 1 aliphatic heterocycles. The van der Waals surface area contributed by atoms with Gasteiger partial charge >= 0.3 is 5.97 Å². The first-order valence-corrected chi connectivity index (χ1v) is 18.5. The summed E-state index contributed by atoms with van der Waals surface area (Å²) in [6.07, 6.45) is 1.36. The van der Waals surface area contributed by atoms with E-state index >= 15 is 0 Å². The van der Waals surface area contributed by atoms with E-state index < -0.39 is 12.1 Å². The van der Waals surface area contributed by atoms with Gasteiger partial charge in [-0.15, -0.1) is 0 Å². The van der Waals surface area contributed by atoms with Crippen LogP contribution in [0.2, 0.25) is 5.02 Å². The molecule has 0 saturated carbocycles. The summed E-state index contributed by atoms with van der Waals surface area (Å²) in [5.74, 6) is -0.0758. The van der Waals surface area contributed by atoms with E-state index in [4.69, 9.17) is 45.5 Å². The van der Waals surface area contributed by atoms with Crippen LogP contribution in [-0.4, -0.2) is 70.7 Å². The number of halogens is 2. The molecule has 11 nitrogen and oxygen atoms in total. The second-order valence-electron chi connectivity index (χ2n) is 13.7. The van der Waals surface area contributed by atoms with Gasteiger partial charge in [0.1, 0.15) is 29.1 Å². The summed E-state index contributed by atoms with van der Waals surface area (Å²) in [6, 6.07) is 14.6. The quantitative estimate of drug-likeness (QED) is 0.126. The number of aryl methyl sites for hydroxylation is 6. The number of hydrogen-bond donors (Lipinski definition) is 0. The minimum absolute atomic E-state index is 0.203. The fourth-order valence-corrected chi connectivity index (χ4v) is 7.78. The van der Waals surface area contributed by atoms with Crippen molar-refractivity contribution in [2.45, 2.75) is 52.4 Å². The van der Waals surface area contributed by atoms with Crippen LogP contribution in [0.1, 0.15) is 56.9 Å². The summed E-state index contributed by atoms with van der Waals surface area (Å²) >= 11 is 7.15. The van der Waals surface area contributed by atoms with Crippen molar-refractivity contribution in [3.05, 3.63) is 99.0 Å². The second kappa shape index (κ2) is 15.9. The summed E-state index contributed by atoms with van der Waals surface area (Å²) in [5, 5.41) is 12.7. The number of ether oxygens (including phenoxy) is 5. The van der Waals surface area contributed by atoms with Crippen molar-refractivity contribution in [1.29, 1.82) is 0 Å². The number of rotatable bonds is 6. The fraction of sp³-hybridized carbons (Fsp3) is 0.390. The Morgan fingerprint density at radius 1 is 1.00 bits per heavy atom. The lowest BCUT2D eigenvalue weighted by Gasteiger charge is -2.19. The molecule has 0 aliphatic carbocycles. The van der Waals surface area contributed by atoms with Crippen molar-refractivity contribution in [2.75, 3.05) is 40.6 Å². The molecule has 13 heteroatoms. The van der Waals surface area contributed by atoms with Crippen LogP contribution in [0.3, 0.4) is 0 Å². The topological polar surface area (TPSA) is 104 Å². The minimum Gasteiger partial charge on any atom is -0.493 e. The van der Waals surface area contributed by atoms with Crippen molar-refractivity contribution in [1.82, 2.24) is 24.1 Å². The molecule has 4 heterocycles. The number of esters is 1. The van der Waals surface area contributed by atoms with E-state index in [1.165, 1.54) is 19.2 Å². The zero-order valence-electron chi connectivity index (χ0n) is 31.5. The number of nitrogens with zero attached hydrogens (tertiary/aromatic N) is 5. The van der Waals surface area contributed by atoms with Crippen LogP contribution in [0.5, 0.6) is 5.75 Å². The molecule has 1 unspecified atom stereocenters. The Hall–Kier alpha value is -4.75. The lowest BCUT2D eigenvalue weighted by Crippen LogP contribution is -2.16. The van der Waals surface area contributed by atoms with Gasteiger partial charge in [-0.2, -0.15) is 10.2 Å². The maximum atomic E-state index is 14.4. The zero-order valence-corrected chi connectivity index (χ0v) is 32.3. The van der Waals surface area contributed by atoms with E-state index in [1.54, 1.807) is 13.2 Å². The molecule has 3 aromatic heterocycles. The Labute approximate surface area is 318 Å². The van der Waals surface area contributed by atoms with Gasteiger partial charge in [-0.05, 0) is 92.1 Å². The van der Waals surface area contributed by atoms with Gasteiger partial charge in [0.25, 0.3) is 0 Å². The van der Waals surface area contributed by atoms with E-state index in [-0.39, 0.29) is 19.0 Å². The van der Waals surface area contributed by atoms with Crippen LogP contribution in [0.4, 0.5) is 4.39 Å². The molecular formula is C41H45ClFN5O6. The molecule has 0 spiro atoms. The molecule has 3 aromatic carbocycles. The average molecular weight is 758 g/mol. The van der Waals surface area contributed by atoms with Crippen LogP contribution in [0, 0.1) is 19.7 Å². The predicted octanol–water partition coefficient (Wildman–Crippen LogP) is 7.61. The summed E-state index contributed by atoms with van der Waals surface area (Å²) < 4.78 is 49.8. The minimum atomic E-state index is -0.598. The van der Waals surface area contributed by atoms with Crippen LogP contribution >= 0.6 is 11.6 Å². The Morgan fingerprint density at radius 3 is 2.63 bits per heavy atom. The van der Waals surface area contributed by atoms with Gasteiger partial charge in [0.05, 0.1) is 45.8 Å². The lowest BCUT2D eigenvalue weighted by atomic mass is 9.95. The zero-order chi connectivity index (χ0) is 38.1. The van der Waals surface area contributed by atoms with Crippen LogP contribution < -0.4 is 4.74 Å². The molecule has 54 heavy (non-hydrogen) atoms. The molecule has 0 saturated heterocycles. The van der Waals surface area contributed by atoms with Crippen molar-refractivity contribution in [2.24, 2.45) is 14.1 Å². The lowest BCUT2D eigenvalue weighted by molar-refractivity contribution is -0.0386. The molecule has 1 aliphatic rings. The third kappa shape index (κ3) is 7.23. The molecule has 6 aromatic rings. The molecule has 1 atom stereocenters. The highest BCUT2D eigenvalue weighted by Gasteiger charge is 2.31. The maximum Gasteiger partial charge on any atom is 0.354 e. The second-order valence-corrected chi connectivity index (χ2v) is 14.1. The van der Waals surface area contributed by atoms with Gasteiger partial charge < -0.3 is 28.3 Å². The van der Waals surface area contributed by atoms with Gasteiger partial charge in [0.15, 0.2) is 0 Å². The highest BCUT2D eigenvalue weighted by atomic mass is 35.5. The summed E-state index contributed by atoms with van der Waals surface area (Å²) in [4.78, 5) is 13.5. The number of methoxy groups -OCH3 is 2. The van der Waals surface area contributed by atoms with Crippen LogP contribution in [0.25, 0.3) is 32.8 Å². The van der Waals surface area contributed by atoms with E-state index in [0.717, 1.165) is 61.0 Å². The highest BCUT2D eigenvalue weighted by molar-refractivity contribution is 6.35. The number of carbonyl (C=O) groups excluding carboxylic acids is 1. The van der Waals surface area contributed by atoms with Gasteiger partial charge in [-0.3, -0.25) is 9.36 Å². The molecule has 0 amide bonds. The first-order valence-electron chi connectivity index (χ1n) is 18.1. The van der Waals surface area contributed by atoms with Gasteiger partial charge in [-0.25, -0.2) is 9.18 Å². The smallest absolute Gasteiger partial charge is 0.354 e. The fourth-order valence-electron chi connectivity index (χ4n) is 7.52. The third-order valence-electron chi connectivity index (χ3n) is 10.3. The largest absolute Gasteiger partial charge is 0.493 e. The molecule has 0 radical (unpaired) electrons. The van der Waals surface area contributed by atoms with Crippen molar-refractivity contribution >= 4 is 39.2 Å². The number of carbonyl (C=O) groups is 1. The normalized spacial score (nSPS) is 15.3. The van der Waals surface area contributed by atoms with Crippen LogP contribution in [-0.2, 0) is 59.0 Å². The number of fused-ring (bicyclic) bond motifs is 8. The Morgan fingerprint density at radius 2 is 1.83 bits per heavy atom. The van der Waals surface area contributed by atoms with Crippen LogP contribution in [0.15, 0.2) is 48.5 Å². The number of benzene rings is 3. The van der Waals surface area contributed by atoms with Crippen molar-refractivity contribution in [3.8, 4) is 16.9 Å². The van der Waals surface area contributed by atoms with E-state index in [1.807, 2.05) is 72.2 Å². The molecule has 8 bridgehead atoms. The standard InChI is InChI=1S/C41H45ClFN5O6/c1-24-36-33-13-12-32(42)38(36)37-25(2)46(3)45-39(37)35(23-52-17-16-50-5)54-22-29-21-30(47(4)44-29)10-8-26-18-27-20-28(43)9-11-31(27)34(19-26)53-15-7-14-48(33)40(24)41(49)51-6/h9,11-13,18-21,35H,7-8,10,14-17,22-23H2,1-6H3. The summed E-state index contributed by atoms with van der Waals surface area (Å²) in [7, 11) is 6.83. The van der Waals surface area contributed by atoms with Crippen molar-refractivity contribution < 1.29 is 32.9 Å². The predicted molar refractivity (Wildman–Crippen MR) is 205 cm³/mol. The summed E-state index contributed by atoms with van der Waals surface area (Å²) in [5.41, 5.74) is 7.90. The SMILES string of the molecule is COCCOCC1OCc2cc(n(C)n2)CCc2cc(c3ccc(F)cc3c2)OCCCn2c(C(=O)OC)c(C)c3c(c(Cl)ccc32)-c2c1nn(C)c2C. The van der Waals surface area contributed by atoms with Crippen molar-refractivity contribution in [3.63, 3.8) is 0 Å². The first-order chi connectivity index (χ1) is 26.1. The molecule has 284 valence electrons. The molecule has 7 rings (SSSR count). The average Bonchev–Trinajstić information content (AvgIpc) is 3.76. The van der Waals surface area contributed by atoms with E-state index in [2.05, 4.69) is 0 Å². The Kier molecular flexibility index (Phi) is 11.1. The molecule has 0 fully saturated rings. The molecule has 0 N–H and O–H groups in total. The Balaban J connectivity index is 1.39. The highest BCUT2D eigenvalue weighted by Crippen LogP contribution is 2.44. The van der Waals surface area contributed by atoms with E-state index in [0.29, 0.717) is 67.8 Å². The first kappa shape index (κ1) is 37.6.